The van der Waals surface area contributed by atoms with E-state index in [0.29, 0.717) is 31.2 Å². The number of ether oxygens (including phenoxy) is 2. The number of benzene rings is 2. The van der Waals surface area contributed by atoms with E-state index in [1.807, 2.05) is 29.2 Å². The summed E-state index contributed by atoms with van der Waals surface area (Å²) in [6.07, 6.45) is 2.47. The SMILES string of the molecule is COc1ccc(CN2C[C@@]3(CCN(C(=O)C4CC(C)C4)C3)Oc3ccccc3S2(=O)=O)cc1. The molecule has 7 nitrogen and oxygen atoms in total. The fourth-order valence-electron chi connectivity index (χ4n) is 5.24. The lowest BCUT2D eigenvalue weighted by molar-refractivity contribution is -0.139. The zero-order valence-electron chi connectivity index (χ0n) is 19.1. The van der Waals surface area contributed by atoms with Crippen molar-refractivity contribution < 1.29 is 22.7 Å². The van der Waals surface area contributed by atoms with Gasteiger partial charge in [0.1, 0.15) is 22.0 Å². The van der Waals surface area contributed by atoms with Gasteiger partial charge in [0.25, 0.3) is 0 Å². The molecule has 1 saturated heterocycles. The second-order valence-electron chi connectivity index (χ2n) is 9.64. The number of hydrogen-bond acceptors (Lipinski definition) is 5. The van der Waals surface area contributed by atoms with Gasteiger partial charge in [-0.25, -0.2) is 8.42 Å². The monoisotopic (exact) mass is 470 g/mol. The van der Waals surface area contributed by atoms with Crippen molar-refractivity contribution in [2.45, 2.75) is 43.2 Å². The van der Waals surface area contributed by atoms with Crippen LogP contribution in [0, 0.1) is 11.8 Å². The van der Waals surface area contributed by atoms with E-state index in [-0.39, 0.29) is 29.8 Å². The maximum Gasteiger partial charge on any atom is 0.247 e. The number of sulfonamides is 1. The number of methoxy groups -OCH3 is 1. The Morgan fingerprint density at radius 3 is 2.55 bits per heavy atom. The van der Waals surface area contributed by atoms with Gasteiger partial charge in [0, 0.05) is 25.4 Å². The summed E-state index contributed by atoms with van der Waals surface area (Å²) in [7, 11) is -2.18. The largest absolute Gasteiger partial charge is 0.497 e. The van der Waals surface area contributed by atoms with Crippen molar-refractivity contribution >= 4 is 15.9 Å². The molecule has 8 heteroatoms. The van der Waals surface area contributed by atoms with Crippen molar-refractivity contribution in [2.75, 3.05) is 26.7 Å². The van der Waals surface area contributed by atoms with E-state index in [1.54, 1.807) is 31.4 Å². The third-order valence-electron chi connectivity index (χ3n) is 7.13. The smallest absolute Gasteiger partial charge is 0.247 e. The van der Waals surface area contributed by atoms with Gasteiger partial charge in [0.2, 0.25) is 15.9 Å². The van der Waals surface area contributed by atoms with Gasteiger partial charge in [-0.1, -0.05) is 31.2 Å². The normalized spacial score (nSPS) is 28.5. The van der Waals surface area contributed by atoms with E-state index in [4.69, 9.17) is 9.47 Å². The molecule has 2 heterocycles. The summed E-state index contributed by atoms with van der Waals surface area (Å²) in [5, 5.41) is 0. The van der Waals surface area contributed by atoms with Crippen molar-refractivity contribution in [1.29, 1.82) is 0 Å². The zero-order chi connectivity index (χ0) is 23.2. The summed E-state index contributed by atoms with van der Waals surface area (Å²) in [5.41, 5.74) is 0.0975. The fourth-order valence-corrected chi connectivity index (χ4v) is 6.86. The number of hydrogen-bond donors (Lipinski definition) is 0. The molecule has 1 aliphatic carbocycles. The zero-order valence-corrected chi connectivity index (χ0v) is 19.9. The first kappa shape index (κ1) is 22.2. The number of rotatable bonds is 4. The van der Waals surface area contributed by atoms with E-state index >= 15 is 0 Å². The van der Waals surface area contributed by atoms with E-state index in [9.17, 15) is 13.2 Å². The average Bonchev–Trinajstić information content (AvgIpc) is 3.17. The number of carbonyl (C=O) groups excluding carboxylic acids is 1. The third kappa shape index (κ3) is 4.10. The summed E-state index contributed by atoms with van der Waals surface area (Å²) in [6.45, 7) is 3.57. The maximum atomic E-state index is 13.6. The number of fused-ring (bicyclic) bond motifs is 1. The molecule has 33 heavy (non-hydrogen) atoms. The number of amides is 1. The minimum absolute atomic E-state index is 0.0901. The molecule has 2 aromatic carbocycles. The number of carbonyl (C=O) groups is 1. The first-order valence-corrected chi connectivity index (χ1v) is 12.9. The van der Waals surface area contributed by atoms with Crippen LogP contribution in [0.4, 0.5) is 0 Å². The van der Waals surface area contributed by atoms with Crippen LogP contribution in [0.15, 0.2) is 53.4 Å². The topological polar surface area (TPSA) is 76.2 Å². The molecule has 176 valence electrons. The van der Waals surface area contributed by atoms with Gasteiger partial charge in [0.05, 0.1) is 20.2 Å². The third-order valence-corrected chi connectivity index (χ3v) is 8.96. The Kier molecular flexibility index (Phi) is 5.61. The van der Waals surface area contributed by atoms with Crippen molar-refractivity contribution in [3.63, 3.8) is 0 Å². The number of likely N-dealkylation sites (tertiary alicyclic amines) is 1. The van der Waals surface area contributed by atoms with E-state index in [0.717, 1.165) is 24.2 Å². The standard InChI is InChI=1S/C25H30N2O5S/c1-18-13-20(14-18)24(28)26-12-11-25(16-26)17-27(15-19-7-9-21(31-2)10-8-19)33(29,30)23-6-4-3-5-22(23)32-25/h3-10,18,20H,11-17H2,1-2H3/t18?,20?,25-/m0/s1. The minimum atomic E-state index is -3.78. The van der Waals surface area contributed by atoms with Crippen LogP contribution in [-0.4, -0.2) is 55.9 Å². The van der Waals surface area contributed by atoms with Gasteiger partial charge < -0.3 is 14.4 Å². The van der Waals surface area contributed by atoms with Crippen LogP contribution in [0.2, 0.25) is 0 Å². The fraction of sp³-hybridized carbons (Fsp3) is 0.480. The van der Waals surface area contributed by atoms with E-state index in [1.165, 1.54) is 4.31 Å². The summed E-state index contributed by atoms with van der Waals surface area (Å²) >= 11 is 0. The van der Waals surface area contributed by atoms with Gasteiger partial charge >= 0.3 is 0 Å². The Balaban J connectivity index is 1.45. The Hall–Kier alpha value is -2.58. The quantitative estimate of drug-likeness (QED) is 0.685. The Morgan fingerprint density at radius 2 is 1.85 bits per heavy atom. The van der Waals surface area contributed by atoms with Crippen molar-refractivity contribution in [3.8, 4) is 11.5 Å². The lowest BCUT2D eigenvalue weighted by atomic mass is 9.75. The van der Waals surface area contributed by atoms with Gasteiger partial charge in [0.15, 0.2) is 0 Å². The van der Waals surface area contributed by atoms with E-state index in [2.05, 4.69) is 6.92 Å². The highest BCUT2D eigenvalue weighted by Gasteiger charge is 2.50. The average molecular weight is 471 g/mol. The lowest BCUT2D eigenvalue weighted by Gasteiger charge is -2.36. The predicted octanol–water partition coefficient (Wildman–Crippen LogP) is 3.30. The molecule has 1 amide bonds. The molecule has 3 aliphatic rings. The molecule has 5 rings (SSSR count). The van der Waals surface area contributed by atoms with E-state index < -0.39 is 15.6 Å². The highest BCUT2D eigenvalue weighted by molar-refractivity contribution is 7.89. The van der Waals surface area contributed by atoms with Crippen LogP contribution in [-0.2, 0) is 21.4 Å². The van der Waals surface area contributed by atoms with Crippen LogP contribution in [0.3, 0.4) is 0 Å². The first-order valence-electron chi connectivity index (χ1n) is 11.5. The van der Waals surface area contributed by atoms with Crippen LogP contribution in [0.1, 0.15) is 31.7 Å². The molecule has 2 aromatic rings. The maximum absolute atomic E-state index is 13.6. The molecule has 1 atom stereocenters. The number of para-hydroxylation sites is 1. The molecule has 0 unspecified atom stereocenters. The summed E-state index contributed by atoms with van der Waals surface area (Å²) in [6, 6.07) is 14.2. The Morgan fingerprint density at radius 1 is 1.12 bits per heavy atom. The van der Waals surface area contributed by atoms with Crippen LogP contribution >= 0.6 is 0 Å². The molecule has 2 fully saturated rings. The van der Waals surface area contributed by atoms with Crippen molar-refractivity contribution in [2.24, 2.45) is 11.8 Å². The minimum Gasteiger partial charge on any atom is -0.497 e. The summed E-state index contributed by atoms with van der Waals surface area (Å²) < 4.78 is 40.5. The molecule has 0 N–H and O–H groups in total. The number of nitrogens with zero attached hydrogens (tertiary/aromatic N) is 2. The summed E-state index contributed by atoms with van der Waals surface area (Å²) in [4.78, 5) is 15.1. The molecule has 0 aromatic heterocycles. The van der Waals surface area contributed by atoms with Gasteiger partial charge in [-0.05, 0) is 48.6 Å². The molecular formula is C25H30N2O5S. The van der Waals surface area contributed by atoms with Crippen LogP contribution < -0.4 is 9.47 Å². The molecule has 2 aliphatic heterocycles. The predicted molar refractivity (Wildman–Crippen MR) is 123 cm³/mol. The summed E-state index contributed by atoms with van der Waals surface area (Å²) in [5.74, 6) is 1.95. The van der Waals surface area contributed by atoms with Crippen LogP contribution in [0.25, 0.3) is 0 Å². The Labute approximate surface area is 195 Å². The first-order chi connectivity index (χ1) is 15.8. The second-order valence-corrected chi connectivity index (χ2v) is 11.5. The molecule has 0 bridgehead atoms. The molecular weight excluding hydrogens is 440 g/mol. The van der Waals surface area contributed by atoms with Gasteiger partial charge in [-0.15, -0.1) is 0 Å². The van der Waals surface area contributed by atoms with Crippen LogP contribution in [0.5, 0.6) is 11.5 Å². The highest BCUT2D eigenvalue weighted by Crippen LogP contribution is 2.41. The van der Waals surface area contributed by atoms with Gasteiger partial charge in [-0.2, -0.15) is 4.31 Å². The second kappa shape index (κ2) is 8.33. The highest BCUT2D eigenvalue weighted by atomic mass is 32.2. The molecule has 1 spiro atoms. The lowest BCUT2D eigenvalue weighted by Crippen LogP contribution is -2.50. The molecule has 1 saturated carbocycles. The molecule has 0 radical (unpaired) electrons. The Bertz CT molecular complexity index is 1140. The van der Waals surface area contributed by atoms with Gasteiger partial charge in [-0.3, -0.25) is 4.79 Å². The van der Waals surface area contributed by atoms with Crippen molar-refractivity contribution in [3.05, 3.63) is 54.1 Å². The van der Waals surface area contributed by atoms with Crippen molar-refractivity contribution in [1.82, 2.24) is 9.21 Å².